The molecule has 0 radical (unpaired) electrons. The molecule has 0 aliphatic heterocycles. The maximum absolute atomic E-state index is 11.2. The maximum Gasteiger partial charge on any atom is 0.229 e. The van der Waals surface area contributed by atoms with E-state index in [9.17, 15) is 13.2 Å². The molecule has 18 nitrogen and oxygen atoms in total. The summed E-state index contributed by atoms with van der Waals surface area (Å²) in [7, 11) is 21.6. The predicted octanol–water partition coefficient (Wildman–Crippen LogP) is 18.7. The topological polar surface area (TPSA) is 176 Å². The number of ketones is 1. The molecule has 0 atom stereocenters. The number of rotatable bonds is 11. The quantitative estimate of drug-likeness (QED) is 0.0735. The molecule has 0 unspecified atom stereocenters. The van der Waals surface area contributed by atoms with Gasteiger partial charge in [0, 0.05) is 193 Å². The Morgan fingerprint density at radius 1 is 0.381 bits per heavy atom. The molecule has 22 heteroatoms. The van der Waals surface area contributed by atoms with Crippen LogP contribution in [0.5, 0.6) is 0 Å². The molecule has 0 amide bonds. The second kappa shape index (κ2) is 39.4. The number of halogens is 3. The third-order valence-electron chi connectivity index (χ3n) is 15.9. The number of aryl methyl sites for hydroxylation is 5. The van der Waals surface area contributed by atoms with Crippen molar-refractivity contribution in [3.8, 4) is 45.0 Å². The van der Waals surface area contributed by atoms with Gasteiger partial charge in [-0.05, 0) is 166 Å². The molecule has 14 rings (SSSR count). The van der Waals surface area contributed by atoms with Crippen LogP contribution in [0, 0.1) is 34.6 Å². The lowest BCUT2D eigenvalue weighted by molar-refractivity contribution is 0.102. The molecule has 9 aromatic heterocycles. The monoisotopic (exact) mass is 1540 g/mol. The molecule has 14 aromatic rings. The van der Waals surface area contributed by atoms with Gasteiger partial charge in [-0.2, -0.15) is 0 Å². The van der Waals surface area contributed by atoms with Crippen molar-refractivity contribution in [1.29, 1.82) is 0 Å². The number of nitrogens with zero attached hydrogens (tertiary/aromatic N) is 14. The Hall–Kier alpha value is -10.5. The van der Waals surface area contributed by atoms with Crippen LogP contribution in [0.15, 0.2) is 238 Å². The fraction of sp³-hybridized carbons (Fsp3) is 0.229. The average molecular weight is 1540 g/mol. The van der Waals surface area contributed by atoms with E-state index in [0.29, 0.717) is 11.1 Å². The average Bonchev–Trinajstić information content (AvgIpc) is 1.70. The molecule has 5 aromatic carbocycles. The number of imidazole rings is 4. The molecular weight excluding hydrogens is 1440 g/mol. The lowest BCUT2D eigenvalue weighted by Crippen LogP contribution is -2.09. The van der Waals surface area contributed by atoms with Gasteiger partial charge < -0.3 is 47.8 Å². The van der Waals surface area contributed by atoms with Crippen LogP contribution < -0.4 is 30.2 Å². The molecule has 552 valence electrons. The predicted molar refractivity (Wildman–Crippen MR) is 452 cm³/mol. The summed E-state index contributed by atoms with van der Waals surface area (Å²) in [5.41, 5.74) is 30.6. The second-order valence-electron chi connectivity index (χ2n) is 25.6. The Morgan fingerprint density at radius 3 is 0.790 bits per heavy atom. The number of hydrogen-bond donors (Lipinski definition) is 1. The van der Waals surface area contributed by atoms with Crippen LogP contribution in [0.25, 0.3) is 67.6 Å². The molecule has 105 heavy (non-hydrogen) atoms. The van der Waals surface area contributed by atoms with Crippen molar-refractivity contribution in [3.05, 3.63) is 271 Å². The molecule has 0 bridgehead atoms. The van der Waals surface area contributed by atoms with Gasteiger partial charge in [-0.25, -0.2) is 33.3 Å². The summed E-state index contributed by atoms with van der Waals surface area (Å²) >= 11 is 3.14. The summed E-state index contributed by atoms with van der Waals surface area (Å²) in [6.07, 6.45) is 19.4. The van der Waals surface area contributed by atoms with E-state index in [-0.39, 0.29) is 33.0 Å². The Morgan fingerprint density at radius 2 is 0.600 bits per heavy atom. The highest BCUT2D eigenvalue weighted by Gasteiger charge is 2.11. The van der Waals surface area contributed by atoms with Crippen molar-refractivity contribution in [2.75, 3.05) is 112 Å². The Bertz CT molecular complexity index is 4600. The molecule has 0 spiro atoms. The van der Waals surface area contributed by atoms with Crippen LogP contribution >= 0.6 is 39.0 Å². The van der Waals surface area contributed by atoms with Gasteiger partial charge >= 0.3 is 0 Å². The minimum Gasteiger partial charge on any atom is -0.384 e. The van der Waals surface area contributed by atoms with E-state index in [2.05, 4.69) is 287 Å². The summed E-state index contributed by atoms with van der Waals surface area (Å²) < 4.78 is 27.1. The summed E-state index contributed by atoms with van der Waals surface area (Å²) in [5.74, 6) is 0.695. The first-order chi connectivity index (χ1) is 48.5. The van der Waals surface area contributed by atoms with Crippen LogP contribution in [0.1, 0.15) is 53.0 Å². The van der Waals surface area contributed by atoms with Crippen molar-refractivity contribution in [2.45, 2.75) is 49.5 Å². The zero-order valence-corrected chi connectivity index (χ0v) is 65.3. The van der Waals surface area contributed by atoms with Gasteiger partial charge in [-0.1, -0.05) is 110 Å². The van der Waals surface area contributed by atoms with Gasteiger partial charge in [0.05, 0.1) is 34.4 Å². The van der Waals surface area contributed by atoms with Crippen LogP contribution in [-0.2, 0) is 9.05 Å². The van der Waals surface area contributed by atoms with E-state index < -0.39 is 9.05 Å². The SMILES string of the molecule is C.C.CN(C)c1ccc(C(=O)CBr)cc1.CS(=O)(=O)Cl.Cc1ccc(N)nc1.Cc1ccc2nc(-c3ccc(N(C)C)cc3)cn2c1.Cc1ccc2nc(-c3ccc(N(C)C)cc3)cn2c1.Cc1ccc2nc(-c3ccc(N(C)C)cc3)cn2c1.Cc1ccc2nc(-c3ccc(N(C)C)cc3)cn2c1.Cl. The molecule has 0 saturated carbocycles. The fourth-order valence-electron chi connectivity index (χ4n) is 10.2. The van der Waals surface area contributed by atoms with E-state index >= 15 is 0 Å². The maximum atomic E-state index is 11.2. The summed E-state index contributed by atoms with van der Waals surface area (Å²) in [5, 5.41) is 0.383. The van der Waals surface area contributed by atoms with Gasteiger partial charge in [0.1, 0.15) is 28.4 Å². The number of Topliss-reactive ketones (excluding diaryl/α,β-unsaturated/α-hetero) is 1. The van der Waals surface area contributed by atoms with Crippen LogP contribution in [-0.4, -0.2) is 139 Å². The van der Waals surface area contributed by atoms with E-state index in [0.717, 1.165) is 90.7 Å². The number of nitrogen functional groups attached to an aromatic ring is 1. The number of nitrogens with two attached hydrogens (primary N) is 1. The number of hydrogen-bond acceptors (Lipinski definition) is 14. The number of carbonyl (C=O) groups excluding carboxylic acids is 1. The van der Waals surface area contributed by atoms with E-state index in [1.54, 1.807) is 12.3 Å². The van der Waals surface area contributed by atoms with E-state index in [1.807, 2.05) is 137 Å². The minimum atomic E-state index is -3.19. The lowest BCUT2D eigenvalue weighted by Gasteiger charge is -2.12. The zero-order valence-electron chi connectivity index (χ0n) is 61.4. The zero-order chi connectivity index (χ0) is 73.9. The minimum absolute atomic E-state index is 0. The number of carbonyl (C=O) groups is 1. The van der Waals surface area contributed by atoms with E-state index in [4.69, 9.17) is 5.73 Å². The van der Waals surface area contributed by atoms with Gasteiger partial charge in [0.2, 0.25) is 9.05 Å². The van der Waals surface area contributed by atoms with Gasteiger partial charge in [0.15, 0.2) is 5.78 Å². The first-order valence-corrected chi connectivity index (χ1v) is 36.7. The number of pyridine rings is 5. The first kappa shape index (κ1) is 85.1. The summed E-state index contributed by atoms with van der Waals surface area (Å²) in [6, 6.07) is 61.7. The largest absolute Gasteiger partial charge is 0.384 e. The third-order valence-corrected chi connectivity index (χ3v) is 16.4. The van der Waals surface area contributed by atoms with E-state index in [1.165, 1.54) is 45.0 Å². The normalized spacial score (nSPS) is 10.3. The Kier molecular flexibility index (Phi) is 31.9. The molecular formula is C83H100BrCl2N15O3S. The van der Waals surface area contributed by atoms with Crippen molar-refractivity contribution >= 4 is 111 Å². The van der Waals surface area contributed by atoms with Crippen molar-refractivity contribution < 1.29 is 13.2 Å². The Balaban J connectivity index is 0.000000225. The molecule has 0 fully saturated rings. The summed E-state index contributed by atoms with van der Waals surface area (Å²) in [4.78, 5) is 44.1. The third kappa shape index (κ3) is 25.4. The number of alkyl halides is 1. The highest BCUT2D eigenvalue weighted by molar-refractivity contribution is 9.09. The van der Waals surface area contributed by atoms with Crippen LogP contribution in [0.4, 0.5) is 34.3 Å². The second-order valence-corrected chi connectivity index (χ2v) is 29.2. The van der Waals surface area contributed by atoms with Crippen molar-refractivity contribution in [2.24, 2.45) is 0 Å². The highest BCUT2D eigenvalue weighted by atomic mass is 79.9. The number of aromatic nitrogens is 9. The lowest BCUT2D eigenvalue weighted by atomic mass is 10.1. The molecule has 0 aliphatic carbocycles. The fourth-order valence-corrected chi connectivity index (χ4v) is 10.5. The highest BCUT2D eigenvalue weighted by Crippen LogP contribution is 2.27. The van der Waals surface area contributed by atoms with Crippen molar-refractivity contribution in [1.82, 2.24) is 42.5 Å². The molecule has 0 saturated heterocycles. The molecule has 9 heterocycles. The number of fused-ring (bicyclic) bond motifs is 4. The number of benzene rings is 5. The van der Waals surface area contributed by atoms with Crippen molar-refractivity contribution in [3.63, 3.8) is 0 Å². The van der Waals surface area contributed by atoms with Crippen LogP contribution in [0.3, 0.4) is 0 Å². The van der Waals surface area contributed by atoms with Gasteiger partial charge in [-0.3, -0.25) is 4.79 Å². The number of anilines is 6. The molecule has 0 aliphatic rings. The summed E-state index contributed by atoms with van der Waals surface area (Å²) in [6.45, 7) is 10.3. The molecule has 2 N–H and O–H groups in total. The Labute approximate surface area is 640 Å². The smallest absolute Gasteiger partial charge is 0.229 e. The first-order valence-electron chi connectivity index (χ1n) is 32.8. The van der Waals surface area contributed by atoms with Crippen LogP contribution in [0.2, 0.25) is 0 Å². The standard InChI is InChI=1S/4C16H17N3.C10H12BrNO.C6H8N2.CH3ClO2S.2CH4.ClH/c4*1-12-4-9-16-17-15(11-19(16)10-12)13-5-7-14(8-6-13)18(2)3;1-12(2)9-5-3-8(4-6-9)10(13)7-11;1-5-2-3-6(7)8-4-5;1-5(2,3)4;;;/h4*4-11H,1-3H3;3-6H,7H2,1-2H3;2-4H,1H3,(H2,7,8);1H3;2*1H4;1H. The van der Waals surface area contributed by atoms with Gasteiger partial charge in [-0.15, -0.1) is 12.4 Å². The van der Waals surface area contributed by atoms with Gasteiger partial charge in [0.25, 0.3) is 0 Å².